The Balaban J connectivity index is 2.50. The molecule has 0 spiro atoms. The largest absolute Gasteiger partial charge is 0.349 e. The third-order valence-electron chi connectivity index (χ3n) is 2.32. The van der Waals surface area contributed by atoms with E-state index in [0.29, 0.717) is 6.54 Å². The zero-order valence-corrected chi connectivity index (χ0v) is 11.1. The van der Waals surface area contributed by atoms with Gasteiger partial charge in [-0.3, -0.25) is 9.59 Å². The first-order valence-electron chi connectivity index (χ1n) is 5.58. The van der Waals surface area contributed by atoms with E-state index in [9.17, 15) is 9.59 Å². The molecule has 5 heteroatoms. The molecule has 0 bridgehead atoms. The van der Waals surface area contributed by atoms with Gasteiger partial charge in [0.15, 0.2) is 0 Å². The smallest absolute Gasteiger partial charge is 0.243 e. The lowest BCUT2D eigenvalue weighted by Crippen LogP contribution is -2.48. The lowest BCUT2D eigenvalue weighted by atomic mass is 10.0. The molecule has 0 saturated carbocycles. The van der Waals surface area contributed by atoms with E-state index in [2.05, 4.69) is 10.6 Å². The van der Waals surface area contributed by atoms with Crippen LogP contribution in [0.5, 0.6) is 0 Å². The van der Waals surface area contributed by atoms with Crippen molar-refractivity contribution >= 4 is 23.2 Å². The first-order chi connectivity index (χ1) is 8.00. The fourth-order valence-corrected chi connectivity index (χ4v) is 2.10. The van der Waals surface area contributed by atoms with E-state index in [-0.39, 0.29) is 17.7 Å². The normalized spacial score (nSPS) is 12.2. The molecular weight excluding hydrogens is 236 g/mol. The van der Waals surface area contributed by atoms with Crippen LogP contribution in [-0.2, 0) is 16.1 Å². The molecule has 1 aromatic heterocycles. The Bertz CT molecular complexity index is 374. The molecule has 1 aromatic rings. The fourth-order valence-electron chi connectivity index (χ4n) is 1.45. The van der Waals surface area contributed by atoms with E-state index in [0.717, 1.165) is 4.88 Å². The van der Waals surface area contributed by atoms with Gasteiger partial charge in [0.2, 0.25) is 11.8 Å². The lowest BCUT2D eigenvalue weighted by molar-refractivity contribution is -0.129. The maximum absolute atomic E-state index is 11.9. The van der Waals surface area contributed by atoms with E-state index in [1.807, 2.05) is 31.4 Å². The summed E-state index contributed by atoms with van der Waals surface area (Å²) in [4.78, 5) is 24.0. The van der Waals surface area contributed by atoms with Gasteiger partial charge in [0.1, 0.15) is 6.04 Å². The number of carbonyl (C=O) groups is 2. The van der Waals surface area contributed by atoms with Gasteiger partial charge in [-0.25, -0.2) is 0 Å². The highest BCUT2D eigenvalue weighted by Crippen LogP contribution is 2.08. The van der Waals surface area contributed by atoms with Crippen LogP contribution in [0.25, 0.3) is 0 Å². The van der Waals surface area contributed by atoms with Gasteiger partial charge in [0.25, 0.3) is 0 Å². The molecule has 2 amide bonds. The van der Waals surface area contributed by atoms with Crippen LogP contribution in [0.1, 0.15) is 25.6 Å². The molecule has 94 valence electrons. The SMILES string of the molecule is CC(=O)N[C@H](C(=O)NCc1cccs1)C(C)C. The average Bonchev–Trinajstić information content (AvgIpc) is 2.74. The van der Waals surface area contributed by atoms with Crippen molar-refractivity contribution in [2.75, 3.05) is 0 Å². The minimum Gasteiger partial charge on any atom is -0.349 e. The predicted molar refractivity (Wildman–Crippen MR) is 68.6 cm³/mol. The van der Waals surface area contributed by atoms with Crippen LogP contribution >= 0.6 is 11.3 Å². The molecule has 17 heavy (non-hydrogen) atoms. The van der Waals surface area contributed by atoms with Gasteiger partial charge in [-0.1, -0.05) is 19.9 Å². The number of thiophene rings is 1. The highest BCUT2D eigenvalue weighted by atomic mass is 32.1. The summed E-state index contributed by atoms with van der Waals surface area (Å²) in [5.41, 5.74) is 0. The molecule has 1 rings (SSSR count). The Morgan fingerprint density at radius 2 is 2.12 bits per heavy atom. The standard InChI is InChI=1S/C12H18N2O2S/c1-8(2)11(14-9(3)15)12(16)13-7-10-5-4-6-17-10/h4-6,8,11H,7H2,1-3H3,(H,13,16)(H,14,15)/t11-/m0/s1. The number of hydrogen-bond acceptors (Lipinski definition) is 3. The summed E-state index contributed by atoms with van der Waals surface area (Å²) in [5.74, 6) is -0.249. The molecule has 4 nitrogen and oxygen atoms in total. The van der Waals surface area contributed by atoms with Crippen molar-refractivity contribution in [2.45, 2.75) is 33.4 Å². The third-order valence-corrected chi connectivity index (χ3v) is 3.20. The summed E-state index contributed by atoms with van der Waals surface area (Å²) in [6.07, 6.45) is 0. The topological polar surface area (TPSA) is 58.2 Å². The molecule has 1 heterocycles. The Morgan fingerprint density at radius 1 is 1.41 bits per heavy atom. The molecule has 1 atom stereocenters. The highest BCUT2D eigenvalue weighted by Gasteiger charge is 2.22. The van der Waals surface area contributed by atoms with E-state index >= 15 is 0 Å². The van der Waals surface area contributed by atoms with Gasteiger partial charge in [-0.15, -0.1) is 11.3 Å². The van der Waals surface area contributed by atoms with E-state index in [1.165, 1.54) is 6.92 Å². The first kappa shape index (κ1) is 13.7. The minimum atomic E-state index is -0.465. The molecular formula is C12H18N2O2S. The molecule has 0 aliphatic heterocycles. The van der Waals surface area contributed by atoms with Crippen molar-refractivity contribution in [3.05, 3.63) is 22.4 Å². The summed E-state index contributed by atoms with van der Waals surface area (Å²) in [7, 11) is 0. The number of amides is 2. The second kappa shape index (κ2) is 6.39. The van der Waals surface area contributed by atoms with Crippen LogP contribution in [0.15, 0.2) is 17.5 Å². The minimum absolute atomic E-state index is 0.0715. The summed E-state index contributed by atoms with van der Waals surface area (Å²) >= 11 is 1.60. The monoisotopic (exact) mass is 254 g/mol. The number of carbonyl (C=O) groups excluding carboxylic acids is 2. The van der Waals surface area contributed by atoms with Gasteiger partial charge in [-0.2, -0.15) is 0 Å². The fraction of sp³-hybridized carbons (Fsp3) is 0.500. The molecule has 2 N–H and O–H groups in total. The van der Waals surface area contributed by atoms with E-state index in [1.54, 1.807) is 11.3 Å². The van der Waals surface area contributed by atoms with Gasteiger partial charge >= 0.3 is 0 Å². The summed E-state index contributed by atoms with van der Waals surface area (Å²) in [6.45, 7) is 5.75. The zero-order valence-electron chi connectivity index (χ0n) is 10.3. The van der Waals surface area contributed by atoms with Crippen molar-refractivity contribution in [1.29, 1.82) is 0 Å². The highest BCUT2D eigenvalue weighted by molar-refractivity contribution is 7.09. The molecule has 0 aliphatic rings. The molecule has 0 aromatic carbocycles. The second-order valence-corrected chi connectivity index (χ2v) is 5.25. The van der Waals surface area contributed by atoms with Crippen LogP contribution < -0.4 is 10.6 Å². The maximum atomic E-state index is 11.9. The van der Waals surface area contributed by atoms with Gasteiger partial charge in [-0.05, 0) is 17.4 Å². The van der Waals surface area contributed by atoms with Crippen molar-refractivity contribution in [3.63, 3.8) is 0 Å². The second-order valence-electron chi connectivity index (χ2n) is 4.22. The molecule has 0 unspecified atom stereocenters. The van der Waals surface area contributed by atoms with Crippen LogP contribution in [0.2, 0.25) is 0 Å². The lowest BCUT2D eigenvalue weighted by Gasteiger charge is -2.20. The van der Waals surface area contributed by atoms with Crippen molar-refractivity contribution in [2.24, 2.45) is 5.92 Å². The number of hydrogen-bond donors (Lipinski definition) is 2. The van der Waals surface area contributed by atoms with Crippen LogP contribution in [0.3, 0.4) is 0 Å². The molecule has 0 radical (unpaired) electrons. The average molecular weight is 254 g/mol. The Labute approximate surface area is 105 Å². The zero-order chi connectivity index (χ0) is 12.8. The maximum Gasteiger partial charge on any atom is 0.243 e. The van der Waals surface area contributed by atoms with Crippen LogP contribution in [0.4, 0.5) is 0 Å². The molecule has 0 aliphatic carbocycles. The predicted octanol–water partition coefficient (Wildman–Crippen LogP) is 1.52. The molecule has 0 saturated heterocycles. The summed E-state index contributed by atoms with van der Waals surface area (Å²) < 4.78 is 0. The van der Waals surface area contributed by atoms with Gasteiger partial charge in [0.05, 0.1) is 6.54 Å². The van der Waals surface area contributed by atoms with Gasteiger partial charge < -0.3 is 10.6 Å². The summed E-state index contributed by atoms with van der Waals surface area (Å²) in [6, 6.07) is 3.45. The van der Waals surface area contributed by atoms with Crippen LogP contribution in [-0.4, -0.2) is 17.9 Å². The van der Waals surface area contributed by atoms with E-state index in [4.69, 9.17) is 0 Å². The van der Waals surface area contributed by atoms with Crippen LogP contribution in [0, 0.1) is 5.92 Å². The molecule has 0 fully saturated rings. The number of rotatable bonds is 5. The first-order valence-corrected chi connectivity index (χ1v) is 6.46. The Kier molecular flexibility index (Phi) is 5.15. The van der Waals surface area contributed by atoms with Crippen molar-refractivity contribution < 1.29 is 9.59 Å². The van der Waals surface area contributed by atoms with Crippen molar-refractivity contribution in [1.82, 2.24) is 10.6 Å². The van der Waals surface area contributed by atoms with Crippen molar-refractivity contribution in [3.8, 4) is 0 Å². The van der Waals surface area contributed by atoms with E-state index < -0.39 is 6.04 Å². The Morgan fingerprint density at radius 3 is 2.59 bits per heavy atom. The third kappa shape index (κ3) is 4.56. The summed E-state index contributed by atoms with van der Waals surface area (Å²) in [5, 5.41) is 7.46. The quantitative estimate of drug-likeness (QED) is 0.837. The number of nitrogens with one attached hydrogen (secondary N) is 2. The van der Waals surface area contributed by atoms with Gasteiger partial charge in [0, 0.05) is 11.8 Å². The Hall–Kier alpha value is -1.36.